The Bertz CT molecular complexity index is 951. The van der Waals surface area contributed by atoms with E-state index in [0.717, 1.165) is 32.1 Å². The number of hydrogen-bond donors (Lipinski definition) is 2. The Kier molecular flexibility index (Phi) is 44.4. The smallest absolute Gasteiger partial charge is 0.462 e. The van der Waals surface area contributed by atoms with Gasteiger partial charge in [0.15, 0.2) is 6.10 Å². The van der Waals surface area contributed by atoms with E-state index in [4.69, 9.17) is 19.3 Å². The standard InChI is InChI=1S/C49H95O8P/c1-3-5-7-9-11-13-15-17-19-21-23-24-26-27-29-31-33-35-37-39-41-43-48(50)55-45-47(46-56-58(52,53)54)57-49(51)44-42-40-38-36-34-32-30-28-25-22-20-18-16-14-12-10-8-6-4-2/h17,19,47H,3-16,18,20-46H2,1-2H3,(H2,52,53,54)/b19-17+/t47-/m1/s1. The minimum absolute atomic E-state index is 0.219. The van der Waals surface area contributed by atoms with Crippen LogP contribution in [0.25, 0.3) is 0 Å². The van der Waals surface area contributed by atoms with Crippen molar-refractivity contribution in [2.24, 2.45) is 0 Å². The highest BCUT2D eigenvalue weighted by molar-refractivity contribution is 7.46. The number of phosphoric ester groups is 1. The Balaban J connectivity index is 3.78. The van der Waals surface area contributed by atoms with Gasteiger partial charge < -0.3 is 19.3 Å². The van der Waals surface area contributed by atoms with Crippen molar-refractivity contribution in [3.8, 4) is 0 Å². The second kappa shape index (κ2) is 45.3. The molecule has 0 rings (SSSR count). The topological polar surface area (TPSA) is 119 Å². The first-order valence-electron chi connectivity index (χ1n) is 25.0. The zero-order chi connectivity index (χ0) is 42.5. The van der Waals surface area contributed by atoms with E-state index in [1.165, 1.54) is 205 Å². The van der Waals surface area contributed by atoms with E-state index in [0.29, 0.717) is 6.42 Å². The minimum Gasteiger partial charge on any atom is -0.462 e. The maximum absolute atomic E-state index is 12.5. The molecule has 2 N–H and O–H groups in total. The van der Waals surface area contributed by atoms with Crippen molar-refractivity contribution in [2.45, 2.75) is 277 Å². The molecule has 0 spiro atoms. The van der Waals surface area contributed by atoms with E-state index < -0.39 is 32.5 Å². The quantitative estimate of drug-likeness (QED) is 0.0269. The summed E-state index contributed by atoms with van der Waals surface area (Å²) in [4.78, 5) is 43.1. The van der Waals surface area contributed by atoms with Crippen molar-refractivity contribution >= 4 is 19.8 Å². The van der Waals surface area contributed by atoms with Crippen LogP contribution in [0, 0.1) is 0 Å². The average molecular weight is 843 g/mol. The number of allylic oxidation sites excluding steroid dienone is 2. The fourth-order valence-electron chi connectivity index (χ4n) is 7.55. The van der Waals surface area contributed by atoms with Crippen molar-refractivity contribution in [3.05, 3.63) is 12.2 Å². The van der Waals surface area contributed by atoms with Gasteiger partial charge in [-0.05, 0) is 38.5 Å². The van der Waals surface area contributed by atoms with Crippen molar-refractivity contribution in [3.63, 3.8) is 0 Å². The normalized spacial score (nSPS) is 12.4. The van der Waals surface area contributed by atoms with Gasteiger partial charge in [-0.2, -0.15) is 0 Å². The van der Waals surface area contributed by atoms with E-state index in [1.54, 1.807) is 0 Å². The lowest BCUT2D eigenvalue weighted by atomic mass is 10.0. The number of phosphoric acid groups is 1. The van der Waals surface area contributed by atoms with Crippen LogP contribution in [0.2, 0.25) is 0 Å². The number of carbonyl (C=O) groups excluding carboxylic acids is 2. The van der Waals surface area contributed by atoms with Crippen LogP contribution < -0.4 is 0 Å². The van der Waals surface area contributed by atoms with E-state index >= 15 is 0 Å². The molecule has 58 heavy (non-hydrogen) atoms. The first kappa shape index (κ1) is 56.8. The van der Waals surface area contributed by atoms with Gasteiger partial charge in [-0.15, -0.1) is 0 Å². The number of hydrogen-bond acceptors (Lipinski definition) is 6. The Morgan fingerprint density at radius 2 is 0.724 bits per heavy atom. The molecule has 0 aromatic heterocycles. The van der Waals surface area contributed by atoms with Gasteiger partial charge in [0.05, 0.1) is 6.61 Å². The summed E-state index contributed by atoms with van der Waals surface area (Å²) in [5, 5.41) is 0. The summed E-state index contributed by atoms with van der Waals surface area (Å²) in [6.07, 6.45) is 52.3. The van der Waals surface area contributed by atoms with Gasteiger partial charge in [-0.25, -0.2) is 4.57 Å². The molecule has 344 valence electrons. The van der Waals surface area contributed by atoms with Crippen LogP contribution in [0.5, 0.6) is 0 Å². The average Bonchev–Trinajstić information content (AvgIpc) is 3.20. The second-order valence-corrected chi connectivity index (χ2v) is 18.4. The number of carbonyl (C=O) groups is 2. The van der Waals surface area contributed by atoms with Crippen LogP contribution in [0.1, 0.15) is 271 Å². The molecule has 0 radical (unpaired) electrons. The Morgan fingerprint density at radius 3 is 1.05 bits per heavy atom. The first-order chi connectivity index (χ1) is 28.3. The Labute approximate surface area is 358 Å². The molecule has 0 amide bonds. The Morgan fingerprint density at radius 1 is 0.431 bits per heavy atom. The van der Waals surface area contributed by atoms with Gasteiger partial charge >= 0.3 is 19.8 Å². The third-order valence-electron chi connectivity index (χ3n) is 11.3. The molecule has 0 aromatic rings. The van der Waals surface area contributed by atoms with Crippen molar-refractivity contribution in [2.75, 3.05) is 13.2 Å². The van der Waals surface area contributed by atoms with Crippen LogP contribution >= 0.6 is 7.82 Å². The molecule has 0 aliphatic heterocycles. The molecule has 0 unspecified atom stereocenters. The van der Waals surface area contributed by atoms with E-state index in [9.17, 15) is 14.2 Å². The molecule has 0 fully saturated rings. The van der Waals surface area contributed by atoms with Crippen molar-refractivity contribution in [1.82, 2.24) is 0 Å². The number of esters is 2. The highest BCUT2D eigenvalue weighted by atomic mass is 31.2. The molecule has 1 atom stereocenters. The molecular weight excluding hydrogens is 748 g/mol. The van der Waals surface area contributed by atoms with Crippen LogP contribution in [0.4, 0.5) is 0 Å². The summed E-state index contributed by atoms with van der Waals surface area (Å²) < 4.78 is 26.5. The zero-order valence-corrected chi connectivity index (χ0v) is 39.1. The molecule has 0 saturated carbocycles. The highest BCUT2D eigenvalue weighted by Crippen LogP contribution is 2.36. The lowest BCUT2D eigenvalue weighted by Gasteiger charge is -2.18. The molecule has 0 aliphatic carbocycles. The fourth-order valence-corrected chi connectivity index (χ4v) is 7.91. The fraction of sp³-hybridized carbons (Fsp3) is 0.918. The van der Waals surface area contributed by atoms with Crippen LogP contribution in [-0.4, -0.2) is 41.0 Å². The minimum atomic E-state index is -4.75. The van der Waals surface area contributed by atoms with Crippen molar-refractivity contribution in [1.29, 1.82) is 0 Å². The summed E-state index contributed by atoms with van der Waals surface area (Å²) in [6, 6.07) is 0. The lowest BCUT2D eigenvalue weighted by molar-refractivity contribution is -0.161. The predicted molar refractivity (Wildman–Crippen MR) is 244 cm³/mol. The summed E-state index contributed by atoms with van der Waals surface area (Å²) in [5.41, 5.74) is 0. The van der Waals surface area contributed by atoms with Gasteiger partial charge in [0, 0.05) is 12.8 Å². The molecule has 0 aliphatic rings. The maximum atomic E-state index is 12.5. The first-order valence-corrected chi connectivity index (χ1v) is 26.5. The molecular formula is C49H95O8P. The van der Waals surface area contributed by atoms with Gasteiger partial charge in [0.2, 0.25) is 0 Å². The molecule has 0 saturated heterocycles. The summed E-state index contributed by atoms with van der Waals surface area (Å²) in [5.74, 6) is -0.867. The van der Waals surface area contributed by atoms with E-state index in [-0.39, 0.29) is 19.4 Å². The summed E-state index contributed by atoms with van der Waals surface area (Å²) in [7, 11) is -4.75. The van der Waals surface area contributed by atoms with Gasteiger partial charge in [-0.3, -0.25) is 14.1 Å². The largest absolute Gasteiger partial charge is 0.469 e. The Hall–Kier alpha value is -1.21. The van der Waals surface area contributed by atoms with Crippen LogP contribution in [0.15, 0.2) is 12.2 Å². The SMILES string of the molecule is CCCCCCCC/C=C/CCCCCCCCCCCCCC(=O)OC[C@H](COP(=O)(O)O)OC(=O)CCCCCCCCCCCCCCCCCCCCC. The van der Waals surface area contributed by atoms with Crippen LogP contribution in [-0.2, 0) is 28.2 Å². The molecule has 0 bridgehead atoms. The monoisotopic (exact) mass is 843 g/mol. The summed E-state index contributed by atoms with van der Waals surface area (Å²) in [6.45, 7) is 3.73. The second-order valence-electron chi connectivity index (χ2n) is 17.2. The lowest BCUT2D eigenvalue weighted by Crippen LogP contribution is -2.29. The highest BCUT2D eigenvalue weighted by Gasteiger charge is 2.23. The molecule has 0 aromatic carbocycles. The molecule has 9 heteroatoms. The summed E-state index contributed by atoms with van der Waals surface area (Å²) >= 11 is 0. The third-order valence-corrected chi connectivity index (χ3v) is 11.8. The van der Waals surface area contributed by atoms with E-state index in [2.05, 4.69) is 30.5 Å². The number of unbranched alkanes of at least 4 members (excludes halogenated alkanes) is 35. The molecule has 0 heterocycles. The van der Waals surface area contributed by atoms with Gasteiger partial charge in [-0.1, -0.05) is 231 Å². The van der Waals surface area contributed by atoms with Gasteiger partial charge in [0.25, 0.3) is 0 Å². The van der Waals surface area contributed by atoms with Gasteiger partial charge in [0.1, 0.15) is 6.61 Å². The number of rotatable bonds is 47. The maximum Gasteiger partial charge on any atom is 0.469 e. The zero-order valence-electron chi connectivity index (χ0n) is 38.2. The van der Waals surface area contributed by atoms with Crippen molar-refractivity contribution < 1.29 is 37.9 Å². The number of ether oxygens (including phenoxy) is 2. The third kappa shape index (κ3) is 47.5. The molecule has 8 nitrogen and oxygen atoms in total. The predicted octanol–water partition coefficient (Wildman–Crippen LogP) is 15.8. The van der Waals surface area contributed by atoms with E-state index in [1.807, 2.05) is 0 Å². The van der Waals surface area contributed by atoms with Crippen LogP contribution in [0.3, 0.4) is 0 Å².